The average Bonchev–Trinajstić information content (AvgIpc) is 3.00. The number of nitrogens with zero attached hydrogens (tertiary/aromatic N) is 4. The van der Waals surface area contributed by atoms with Crippen molar-refractivity contribution >= 4 is 17.5 Å². The fourth-order valence-electron chi connectivity index (χ4n) is 3.29. The van der Waals surface area contributed by atoms with Crippen molar-refractivity contribution in [3.8, 4) is 0 Å². The smallest absolute Gasteiger partial charge is 0.191 e. The van der Waals surface area contributed by atoms with Gasteiger partial charge in [0.1, 0.15) is 0 Å². The summed E-state index contributed by atoms with van der Waals surface area (Å²) in [5.41, 5.74) is 3.01. The monoisotopic (exact) mass is 388 g/mol. The van der Waals surface area contributed by atoms with Gasteiger partial charge in [0.05, 0.1) is 11.8 Å². The molecule has 0 aliphatic heterocycles. The number of hydrogen-bond donors (Lipinski definition) is 0. The summed E-state index contributed by atoms with van der Waals surface area (Å²) in [7, 11) is 4.15. The van der Waals surface area contributed by atoms with Crippen molar-refractivity contribution in [3.63, 3.8) is 0 Å². The lowest BCUT2D eigenvalue weighted by Gasteiger charge is -2.23. The van der Waals surface area contributed by atoms with Gasteiger partial charge in [-0.1, -0.05) is 55.8 Å². The molecule has 0 aliphatic carbocycles. The molecule has 1 aromatic heterocycles. The Bertz CT molecular complexity index is 770. The molecule has 27 heavy (non-hydrogen) atoms. The van der Waals surface area contributed by atoms with Gasteiger partial charge in [0, 0.05) is 12.1 Å². The number of unbranched alkanes of at least 4 members (excludes halogenated alkanes) is 1. The molecule has 0 amide bonds. The van der Waals surface area contributed by atoms with E-state index in [1.165, 1.54) is 17.3 Å². The maximum absolute atomic E-state index is 12.7. The first-order valence-electron chi connectivity index (χ1n) is 9.71. The molecule has 2 rings (SSSR count). The number of carbonyl (C=O) groups excluding carboxylic acids is 1. The maximum atomic E-state index is 12.7. The van der Waals surface area contributed by atoms with E-state index in [-0.39, 0.29) is 11.8 Å². The molecule has 6 heteroatoms. The number of aryl methyl sites for hydroxylation is 2. The molecule has 1 heterocycles. The van der Waals surface area contributed by atoms with Crippen LogP contribution in [-0.2, 0) is 6.54 Å². The highest BCUT2D eigenvalue weighted by Crippen LogP contribution is 2.26. The predicted octanol–water partition coefficient (Wildman–Crippen LogP) is 4.68. The Morgan fingerprint density at radius 1 is 1.22 bits per heavy atom. The van der Waals surface area contributed by atoms with E-state index in [2.05, 4.69) is 53.7 Å². The van der Waals surface area contributed by atoms with Crippen molar-refractivity contribution in [1.82, 2.24) is 19.7 Å². The first-order valence-corrected chi connectivity index (χ1v) is 10.7. The van der Waals surface area contributed by atoms with Crippen LogP contribution in [0.5, 0.6) is 0 Å². The summed E-state index contributed by atoms with van der Waals surface area (Å²) >= 11 is 1.50. The Kier molecular flexibility index (Phi) is 8.05. The molecule has 0 N–H and O–H groups in total. The van der Waals surface area contributed by atoms with Crippen molar-refractivity contribution in [2.45, 2.75) is 64.7 Å². The van der Waals surface area contributed by atoms with Gasteiger partial charge in [0.15, 0.2) is 16.8 Å². The van der Waals surface area contributed by atoms with E-state index in [1.54, 1.807) is 0 Å². The zero-order valence-electron chi connectivity index (χ0n) is 17.5. The average molecular weight is 389 g/mol. The SMILES string of the molecule is CCCCn1c(SCC(=O)c2ccc(C)cc2C)nnc1C(CC)N(C)C. The number of carbonyl (C=O) groups is 1. The highest BCUT2D eigenvalue weighted by molar-refractivity contribution is 7.99. The van der Waals surface area contributed by atoms with Gasteiger partial charge in [0.25, 0.3) is 0 Å². The lowest BCUT2D eigenvalue weighted by atomic mass is 10.0. The fourth-order valence-corrected chi connectivity index (χ4v) is 4.15. The second-order valence-electron chi connectivity index (χ2n) is 7.26. The maximum Gasteiger partial charge on any atom is 0.191 e. The van der Waals surface area contributed by atoms with E-state index >= 15 is 0 Å². The molecular formula is C21H32N4OS. The van der Waals surface area contributed by atoms with Crippen molar-refractivity contribution < 1.29 is 4.79 Å². The van der Waals surface area contributed by atoms with Crippen LogP contribution in [0.3, 0.4) is 0 Å². The third-order valence-electron chi connectivity index (χ3n) is 4.80. The van der Waals surface area contributed by atoms with Crippen molar-refractivity contribution in [1.29, 1.82) is 0 Å². The minimum absolute atomic E-state index is 0.142. The van der Waals surface area contributed by atoms with Crippen LogP contribution in [0.15, 0.2) is 23.4 Å². The summed E-state index contributed by atoms with van der Waals surface area (Å²) in [6.07, 6.45) is 3.17. The van der Waals surface area contributed by atoms with Gasteiger partial charge in [-0.05, 0) is 46.3 Å². The zero-order chi connectivity index (χ0) is 20.0. The third-order valence-corrected chi connectivity index (χ3v) is 5.77. The van der Waals surface area contributed by atoms with Crippen molar-refractivity contribution in [3.05, 3.63) is 40.7 Å². The molecule has 1 atom stereocenters. The van der Waals surface area contributed by atoms with Gasteiger partial charge in [-0.25, -0.2) is 0 Å². The summed E-state index contributed by atoms with van der Waals surface area (Å²) < 4.78 is 2.21. The molecule has 0 radical (unpaired) electrons. The lowest BCUT2D eigenvalue weighted by Crippen LogP contribution is -2.23. The number of benzene rings is 1. The van der Waals surface area contributed by atoms with Crippen LogP contribution >= 0.6 is 11.8 Å². The Morgan fingerprint density at radius 3 is 2.56 bits per heavy atom. The molecule has 0 aliphatic rings. The van der Waals surface area contributed by atoms with Crippen LogP contribution in [-0.4, -0.2) is 45.3 Å². The van der Waals surface area contributed by atoms with E-state index in [0.29, 0.717) is 5.75 Å². The minimum atomic E-state index is 0.142. The van der Waals surface area contributed by atoms with Gasteiger partial charge in [-0.15, -0.1) is 10.2 Å². The van der Waals surface area contributed by atoms with Gasteiger partial charge < -0.3 is 4.57 Å². The van der Waals surface area contributed by atoms with E-state index in [4.69, 9.17) is 0 Å². The zero-order valence-corrected chi connectivity index (χ0v) is 18.3. The largest absolute Gasteiger partial charge is 0.305 e. The first kappa shape index (κ1) is 21.6. The number of Topliss-reactive ketones (excluding diaryl/α,β-unsaturated/α-hetero) is 1. The van der Waals surface area contributed by atoms with Crippen LogP contribution in [0.1, 0.15) is 66.5 Å². The van der Waals surface area contributed by atoms with Gasteiger partial charge in [-0.2, -0.15) is 0 Å². The Morgan fingerprint density at radius 2 is 1.96 bits per heavy atom. The minimum Gasteiger partial charge on any atom is -0.305 e. The van der Waals surface area contributed by atoms with Crippen LogP contribution < -0.4 is 0 Å². The normalized spacial score (nSPS) is 12.6. The summed E-state index contributed by atoms with van der Waals surface area (Å²) in [6, 6.07) is 6.22. The summed E-state index contributed by atoms with van der Waals surface area (Å²) in [6.45, 7) is 9.28. The Hall–Kier alpha value is -1.66. The lowest BCUT2D eigenvalue weighted by molar-refractivity contribution is 0.102. The molecule has 0 bridgehead atoms. The molecule has 148 valence electrons. The first-order chi connectivity index (χ1) is 12.9. The molecule has 0 saturated carbocycles. The quantitative estimate of drug-likeness (QED) is 0.437. The summed E-state index contributed by atoms with van der Waals surface area (Å²) in [5.74, 6) is 1.52. The van der Waals surface area contributed by atoms with Gasteiger partial charge in [-0.3, -0.25) is 9.69 Å². The number of aromatic nitrogens is 3. The van der Waals surface area contributed by atoms with Crippen molar-refractivity contribution in [2.75, 3.05) is 19.8 Å². The molecule has 0 spiro atoms. The Balaban J connectivity index is 2.19. The number of rotatable bonds is 10. The molecular weight excluding hydrogens is 356 g/mol. The van der Waals surface area contributed by atoms with E-state index in [0.717, 1.165) is 47.9 Å². The van der Waals surface area contributed by atoms with Crippen molar-refractivity contribution in [2.24, 2.45) is 0 Å². The number of ketones is 1. The molecule has 0 saturated heterocycles. The number of hydrogen-bond acceptors (Lipinski definition) is 5. The molecule has 1 aromatic carbocycles. The van der Waals surface area contributed by atoms with Crippen LogP contribution in [0.2, 0.25) is 0 Å². The molecule has 2 aromatic rings. The summed E-state index contributed by atoms with van der Waals surface area (Å²) in [4.78, 5) is 14.9. The van der Waals surface area contributed by atoms with Crippen LogP contribution in [0.4, 0.5) is 0 Å². The molecule has 5 nitrogen and oxygen atoms in total. The second-order valence-corrected chi connectivity index (χ2v) is 8.21. The van der Waals surface area contributed by atoms with Gasteiger partial charge >= 0.3 is 0 Å². The van der Waals surface area contributed by atoms with E-state index in [9.17, 15) is 4.79 Å². The molecule has 1 unspecified atom stereocenters. The topological polar surface area (TPSA) is 51.0 Å². The van der Waals surface area contributed by atoms with E-state index in [1.807, 2.05) is 26.0 Å². The van der Waals surface area contributed by atoms with Crippen LogP contribution in [0, 0.1) is 13.8 Å². The summed E-state index contributed by atoms with van der Waals surface area (Å²) in [5, 5.41) is 9.74. The standard InChI is InChI=1S/C21H32N4OS/c1-7-9-12-25-20(18(8-2)24(5)6)22-23-21(25)27-14-19(26)17-11-10-15(3)13-16(17)4/h10-11,13,18H,7-9,12,14H2,1-6H3. The highest BCUT2D eigenvalue weighted by Gasteiger charge is 2.22. The molecule has 0 fully saturated rings. The number of thioether (sulfide) groups is 1. The Labute approximate surface area is 167 Å². The van der Waals surface area contributed by atoms with Crippen LogP contribution in [0.25, 0.3) is 0 Å². The van der Waals surface area contributed by atoms with E-state index < -0.39 is 0 Å². The second kappa shape index (κ2) is 10.0. The fraction of sp³-hybridized carbons (Fsp3) is 0.571. The van der Waals surface area contributed by atoms with Gasteiger partial charge in [0.2, 0.25) is 0 Å². The third kappa shape index (κ3) is 5.42. The highest BCUT2D eigenvalue weighted by atomic mass is 32.2. The predicted molar refractivity (Wildman–Crippen MR) is 113 cm³/mol.